The van der Waals surface area contributed by atoms with E-state index in [-0.39, 0.29) is 0 Å². The third-order valence-corrected chi connectivity index (χ3v) is 4.10. The molecule has 0 aliphatic heterocycles. The average Bonchev–Trinajstić information content (AvgIpc) is 2.86. The fourth-order valence-electron chi connectivity index (χ4n) is 3.56. The number of hydrogen-bond acceptors (Lipinski definition) is 2. The van der Waals surface area contributed by atoms with Gasteiger partial charge in [-0.25, -0.2) is 10.2 Å². The third kappa shape index (κ3) is 1.28. The number of carbonyl (C=O) groups excluding carboxylic acids is 1. The molecule has 0 aromatic carbocycles. The quantitative estimate of drug-likeness (QED) is 0.491. The molecule has 4 heteroatoms. The number of nitrogens with one attached hydrogen (secondary N) is 1. The summed E-state index contributed by atoms with van der Waals surface area (Å²) in [6, 6.07) is -0.566. The van der Waals surface area contributed by atoms with Gasteiger partial charge < -0.3 is 5.73 Å². The highest BCUT2D eigenvalue weighted by Crippen LogP contribution is 2.55. The first-order chi connectivity index (χ1) is 7.25. The van der Waals surface area contributed by atoms with Gasteiger partial charge in [0.2, 0.25) is 0 Å². The normalized spacial score (nSPS) is 43.6. The number of fused-ring (bicyclic) bond motifs is 5. The molecule has 3 rings (SSSR count). The largest absolute Gasteiger partial charge is 0.350 e. The predicted molar refractivity (Wildman–Crippen MR) is 57.1 cm³/mol. The first-order valence-electron chi connectivity index (χ1n) is 5.54. The maximum atomic E-state index is 10.6. The van der Waals surface area contributed by atoms with Gasteiger partial charge in [0.25, 0.3) is 0 Å². The standard InChI is InChI=1S/C11H15N3O/c12-11(15)14-13-10-5-6-4-9(10)8-3-1-2-7(6)8/h1,3,6-9H,2,4-5H2,(H3,12,14,15)/b13-10-/t6-,7-,8-,9+/m1/s1. The zero-order valence-electron chi connectivity index (χ0n) is 8.52. The van der Waals surface area contributed by atoms with Crippen molar-refractivity contribution >= 4 is 11.7 Å². The highest BCUT2D eigenvalue weighted by Gasteiger charge is 2.50. The fourth-order valence-corrected chi connectivity index (χ4v) is 3.56. The van der Waals surface area contributed by atoms with Gasteiger partial charge in [0.15, 0.2) is 0 Å². The van der Waals surface area contributed by atoms with Crippen molar-refractivity contribution in [1.82, 2.24) is 5.43 Å². The van der Waals surface area contributed by atoms with E-state index in [1.54, 1.807) is 0 Å². The van der Waals surface area contributed by atoms with Crippen LogP contribution in [0.1, 0.15) is 19.3 Å². The Labute approximate surface area is 88.6 Å². The maximum absolute atomic E-state index is 10.6. The van der Waals surface area contributed by atoms with Gasteiger partial charge >= 0.3 is 6.03 Å². The smallest absolute Gasteiger partial charge is 0.332 e. The molecule has 3 aliphatic carbocycles. The molecule has 4 nitrogen and oxygen atoms in total. The zero-order valence-corrected chi connectivity index (χ0v) is 8.52. The number of hydrazone groups is 1. The van der Waals surface area contributed by atoms with Crippen LogP contribution in [0.4, 0.5) is 4.79 Å². The fraction of sp³-hybridized carbons (Fsp3) is 0.636. The number of amides is 2. The van der Waals surface area contributed by atoms with Crippen molar-refractivity contribution in [3.63, 3.8) is 0 Å². The van der Waals surface area contributed by atoms with Gasteiger partial charge in [-0.05, 0) is 37.0 Å². The lowest BCUT2D eigenvalue weighted by molar-refractivity contribution is 0.249. The van der Waals surface area contributed by atoms with Crippen LogP contribution in [0, 0.1) is 23.7 Å². The van der Waals surface area contributed by atoms with Crippen LogP contribution in [0.5, 0.6) is 0 Å². The molecule has 3 aliphatic rings. The first-order valence-corrected chi connectivity index (χ1v) is 5.54. The Morgan fingerprint density at radius 2 is 2.47 bits per heavy atom. The Bertz CT molecular complexity index is 361. The molecule has 2 amide bonds. The summed E-state index contributed by atoms with van der Waals surface area (Å²) in [6.07, 6.45) is 8.16. The highest BCUT2D eigenvalue weighted by molar-refractivity contribution is 5.91. The van der Waals surface area contributed by atoms with Crippen LogP contribution < -0.4 is 11.2 Å². The zero-order chi connectivity index (χ0) is 10.4. The number of nitrogens with zero attached hydrogens (tertiary/aromatic N) is 1. The van der Waals surface area contributed by atoms with Crippen molar-refractivity contribution in [2.75, 3.05) is 0 Å². The first kappa shape index (κ1) is 8.95. The predicted octanol–water partition coefficient (Wildman–Crippen LogP) is 1.24. The topological polar surface area (TPSA) is 67.5 Å². The molecule has 2 bridgehead atoms. The van der Waals surface area contributed by atoms with Crippen molar-refractivity contribution in [1.29, 1.82) is 0 Å². The van der Waals surface area contributed by atoms with Crippen LogP contribution in [0.15, 0.2) is 17.3 Å². The summed E-state index contributed by atoms with van der Waals surface area (Å²) in [5.74, 6) is 2.87. The van der Waals surface area contributed by atoms with Gasteiger partial charge in [-0.15, -0.1) is 0 Å². The van der Waals surface area contributed by atoms with Crippen LogP contribution in [-0.2, 0) is 0 Å². The lowest BCUT2D eigenvalue weighted by Gasteiger charge is -2.25. The van der Waals surface area contributed by atoms with Gasteiger partial charge in [0, 0.05) is 11.6 Å². The molecular formula is C11H15N3O. The molecule has 4 atom stereocenters. The van der Waals surface area contributed by atoms with Crippen molar-refractivity contribution in [2.24, 2.45) is 34.5 Å². The molecule has 80 valence electrons. The third-order valence-electron chi connectivity index (χ3n) is 4.10. The second-order valence-corrected chi connectivity index (χ2v) is 4.79. The summed E-state index contributed by atoms with van der Waals surface area (Å²) in [4.78, 5) is 10.6. The summed E-state index contributed by atoms with van der Waals surface area (Å²) in [5, 5.41) is 4.12. The monoisotopic (exact) mass is 205 g/mol. The summed E-state index contributed by atoms with van der Waals surface area (Å²) in [6.45, 7) is 0. The SMILES string of the molecule is NC(=O)N/N=C1/C[C@H]2C[C@H]1[C@@H]1C=CC[C@H]21. The van der Waals surface area contributed by atoms with Crippen LogP contribution in [0.25, 0.3) is 0 Å². The lowest BCUT2D eigenvalue weighted by Crippen LogP contribution is -2.30. The summed E-state index contributed by atoms with van der Waals surface area (Å²) in [7, 11) is 0. The van der Waals surface area contributed by atoms with Crippen molar-refractivity contribution in [3.8, 4) is 0 Å². The van der Waals surface area contributed by atoms with Crippen molar-refractivity contribution < 1.29 is 4.79 Å². The van der Waals surface area contributed by atoms with E-state index in [1.165, 1.54) is 12.8 Å². The second kappa shape index (κ2) is 3.08. The van der Waals surface area contributed by atoms with Crippen LogP contribution in [0.3, 0.4) is 0 Å². The van der Waals surface area contributed by atoms with E-state index >= 15 is 0 Å². The molecule has 0 aromatic rings. The second-order valence-electron chi connectivity index (χ2n) is 4.79. The Balaban J connectivity index is 1.78. The van der Waals surface area contributed by atoms with Gasteiger partial charge in [0.05, 0.1) is 0 Å². The van der Waals surface area contributed by atoms with Gasteiger partial charge in [-0.2, -0.15) is 5.10 Å². The average molecular weight is 205 g/mol. The number of hydrogen-bond donors (Lipinski definition) is 2. The summed E-state index contributed by atoms with van der Waals surface area (Å²) in [5.41, 5.74) is 8.50. The summed E-state index contributed by atoms with van der Waals surface area (Å²) >= 11 is 0. The molecule has 0 spiro atoms. The molecule has 0 aromatic heterocycles. The van der Waals surface area contributed by atoms with Gasteiger partial charge in [-0.1, -0.05) is 12.2 Å². The molecule has 0 unspecified atom stereocenters. The molecule has 15 heavy (non-hydrogen) atoms. The van der Waals surface area contributed by atoms with Crippen LogP contribution in [0.2, 0.25) is 0 Å². The molecule has 0 heterocycles. The number of allylic oxidation sites excluding steroid dienone is 2. The van der Waals surface area contributed by atoms with Crippen molar-refractivity contribution in [2.45, 2.75) is 19.3 Å². The summed E-state index contributed by atoms with van der Waals surface area (Å²) < 4.78 is 0. The number of urea groups is 1. The minimum atomic E-state index is -0.566. The van der Waals surface area contributed by atoms with E-state index in [0.29, 0.717) is 11.8 Å². The highest BCUT2D eigenvalue weighted by atomic mass is 16.2. The molecular weight excluding hydrogens is 190 g/mol. The number of rotatable bonds is 1. The molecule has 0 radical (unpaired) electrons. The molecule has 2 saturated carbocycles. The van der Waals surface area contributed by atoms with E-state index in [9.17, 15) is 4.79 Å². The Morgan fingerprint density at radius 3 is 3.27 bits per heavy atom. The molecule has 3 N–H and O–H groups in total. The van der Waals surface area contributed by atoms with E-state index in [0.717, 1.165) is 24.0 Å². The molecule has 0 saturated heterocycles. The van der Waals surface area contributed by atoms with Crippen LogP contribution in [-0.4, -0.2) is 11.7 Å². The number of primary amides is 1. The van der Waals surface area contributed by atoms with Gasteiger partial charge in [0.1, 0.15) is 0 Å². The van der Waals surface area contributed by atoms with Gasteiger partial charge in [-0.3, -0.25) is 0 Å². The minimum Gasteiger partial charge on any atom is -0.350 e. The van der Waals surface area contributed by atoms with E-state index in [2.05, 4.69) is 22.7 Å². The Kier molecular flexibility index (Phi) is 1.84. The van der Waals surface area contributed by atoms with E-state index < -0.39 is 6.03 Å². The van der Waals surface area contributed by atoms with Crippen molar-refractivity contribution in [3.05, 3.63) is 12.2 Å². The number of carbonyl (C=O) groups is 1. The Hall–Kier alpha value is -1.32. The van der Waals surface area contributed by atoms with E-state index in [4.69, 9.17) is 5.73 Å². The lowest BCUT2D eigenvalue weighted by atomic mass is 9.80. The van der Waals surface area contributed by atoms with E-state index in [1.807, 2.05) is 0 Å². The Morgan fingerprint density at radius 1 is 1.60 bits per heavy atom. The number of nitrogens with two attached hydrogens (primary N) is 1. The molecule has 2 fully saturated rings. The van der Waals surface area contributed by atoms with Crippen LogP contribution >= 0.6 is 0 Å². The minimum absolute atomic E-state index is 0.561. The maximum Gasteiger partial charge on any atom is 0.332 e.